The fourth-order valence-electron chi connectivity index (χ4n) is 7.67. The van der Waals surface area contributed by atoms with E-state index in [0.29, 0.717) is 0 Å². The first-order chi connectivity index (χ1) is 23.7. The van der Waals surface area contributed by atoms with Crippen molar-refractivity contribution in [3.05, 3.63) is 36.4 Å². The lowest BCUT2D eigenvalue weighted by Gasteiger charge is -2.32. The average Bonchev–Trinajstić information content (AvgIpc) is 3.55. The summed E-state index contributed by atoms with van der Waals surface area (Å²) in [6, 6.07) is 13.3. The lowest BCUT2D eigenvalue weighted by molar-refractivity contribution is 0.00578. The maximum Gasteiger partial charge on any atom is 0.495 e. The Hall–Kier alpha value is -2.14. The van der Waals surface area contributed by atoms with Crippen molar-refractivity contribution in [1.82, 2.24) is 0 Å². The fourth-order valence-corrected chi connectivity index (χ4v) is 7.67. The second kappa shape index (κ2) is 10.8. The van der Waals surface area contributed by atoms with E-state index in [-0.39, 0.29) is 0 Å². The van der Waals surface area contributed by atoms with E-state index in [1.54, 1.807) is 0 Å². The van der Waals surface area contributed by atoms with Gasteiger partial charge in [0.25, 0.3) is 0 Å². The second-order valence-corrected chi connectivity index (χ2v) is 19.6. The van der Waals surface area contributed by atoms with Crippen LogP contribution in [0.5, 0.6) is 0 Å². The van der Waals surface area contributed by atoms with Gasteiger partial charge in [0.05, 0.1) is 44.8 Å². The van der Waals surface area contributed by atoms with E-state index in [9.17, 15) is 0 Å². The van der Waals surface area contributed by atoms with Crippen LogP contribution in [-0.2, 0) is 37.2 Å². The van der Waals surface area contributed by atoms with Gasteiger partial charge in [0, 0.05) is 0 Å². The molecule has 4 aromatic rings. The van der Waals surface area contributed by atoms with E-state index in [1.165, 1.54) is 0 Å². The third-order valence-corrected chi connectivity index (χ3v) is 13.9. The van der Waals surface area contributed by atoms with E-state index in [1.807, 2.05) is 0 Å². The molecule has 12 heteroatoms. The molecule has 274 valence electrons. The highest BCUT2D eigenvalue weighted by Gasteiger charge is 2.56. The van der Waals surface area contributed by atoms with E-state index < -0.39 is 73.3 Å². The molecule has 0 amide bonds. The van der Waals surface area contributed by atoms with Crippen molar-refractivity contribution >= 4 is 82.6 Å². The van der Waals surface area contributed by atoms with Gasteiger partial charge in [-0.25, -0.2) is 0 Å². The summed E-state index contributed by atoms with van der Waals surface area (Å²) in [5, 5.41) is 6.35. The predicted octanol–water partition coefficient (Wildman–Crippen LogP) is 5.78. The van der Waals surface area contributed by atoms with Crippen LogP contribution in [0, 0.1) is 0 Å². The van der Waals surface area contributed by atoms with Crippen LogP contribution in [0.4, 0.5) is 0 Å². The molecular weight excluding hydrogens is 652 g/mol. The van der Waals surface area contributed by atoms with Crippen LogP contribution in [0.2, 0.25) is 0 Å². The molecule has 0 N–H and O–H groups in total. The molecule has 0 radical (unpaired) electrons. The lowest BCUT2D eigenvalue weighted by Crippen LogP contribution is -2.41. The van der Waals surface area contributed by atoms with E-state index >= 15 is 0 Å². The van der Waals surface area contributed by atoms with Crippen LogP contribution in [0.3, 0.4) is 0 Å². The molecule has 0 atom stereocenters. The molecule has 4 aliphatic heterocycles. The summed E-state index contributed by atoms with van der Waals surface area (Å²) in [7, 11) is -2.36. The Bertz CT molecular complexity index is 1950. The molecule has 0 aliphatic carbocycles. The van der Waals surface area contributed by atoms with Gasteiger partial charge in [-0.05, 0) is 165 Å². The van der Waals surface area contributed by atoms with E-state index in [0.717, 1.165) is 54.2 Å². The number of hydrogen-bond donors (Lipinski definition) is 0. The molecule has 0 saturated carbocycles. The minimum atomic E-state index is -0.619. The SMILES string of the molecule is CC1(C)OB(c2cc3cc(B4OC(C)(C)C(C)(C)O4)c4cc(B5OC(C)(C)C(C)(C)O5)cc5c(B6OC(C)(C)C(C)(C)O6)cc(c2)c3c45)OC1(C)C. The van der Waals surface area contributed by atoms with E-state index in [2.05, 4.69) is 147 Å². The molecule has 4 saturated heterocycles. The highest BCUT2D eigenvalue weighted by molar-refractivity contribution is 6.70. The van der Waals surface area contributed by atoms with Crippen molar-refractivity contribution in [3.63, 3.8) is 0 Å². The number of rotatable bonds is 4. The maximum atomic E-state index is 6.79. The zero-order valence-corrected chi connectivity index (χ0v) is 34.0. The highest BCUT2D eigenvalue weighted by Crippen LogP contribution is 2.43. The predicted molar refractivity (Wildman–Crippen MR) is 213 cm³/mol. The molecule has 52 heavy (non-hydrogen) atoms. The van der Waals surface area contributed by atoms with Crippen molar-refractivity contribution in [2.45, 2.75) is 156 Å². The van der Waals surface area contributed by atoms with Crippen LogP contribution in [-0.4, -0.2) is 73.3 Å². The van der Waals surface area contributed by atoms with Crippen LogP contribution in [0.1, 0.15) is 111 Å². The monoisotopic (exact) mass is 706 g/mol. The van der Waals surface area contributed by atoms with Gasteiger partial charge in [0.1, 0.15) is 0 Å². The summed E-state index contributed by atoms with van der Waals surface area (Å²) in [4.78, 5) is 0. The molecule has 8 nitrogen and oxygen atoms in total. The lowest BCUT2D eigenvalue weighted by atomic mass is 9.66. The first-order valence-corrected chi connectivity index (χ1v) is 18.9. The third-order valence-electron chi connectivity index (χ3n) is 13.9. The maximum absolute atomic E-state index is 6.79. The minimum Gasteiger partial charge on any atom is -0.399 e. The molecular formula is C40H54B4O8. The molecule has 0 aromatic heterocycles. The third kappa shape index (κ3) is 5.22. The average molecular weight is 706 g/mol. The van der Waals surface area contributed by atoms with Gasteiger partial charge in [-0.3, -0.25) is 0 Å². The Labute approximate surface area is 311 Å². The summed E-state index contributed by atoms with van der Waals surface area (Å²) >= 11 is 0. The Balaban J connectivity index is 1.44. The van der Waals surface area contributed by atoms with Crippen molar-refractivity contribution in [2.75, 3.05) is 0 Å². The zero-order valence-electron chi connectivity index (χ0n) is 34.0. The van der Waals surface area contributed by atoms with Crippen molar-refractivity contribution in [3.8, 4) is 0 Å². The van der Waals surface area contributed by atoms with Crippen LogP contribution in [0.25, 0.3) is 32.3 Å². The van der Waals surface area contributed by atoms with Crippen molar-refractivity contribution in [2.24, 2.45) is 0 Å². The standard InChI is InChI=1S/C40H54B4O8/c1-33(2)34(3,4)46-41(45-33)25-17-23-19-29(43-49-37(9,10)38(11,12)50-43)27-21-26(42-47-35(5,6)36(7,8)48-42)22-28-30(20-24(18-25)31(23)32(27)28)44-51-39(13,14)40(15,16)52-44/h17-22H,1-16H3. The second-order valence-electron chi connectivity index (χ2n) is 19.6. The molecule has 0 bridgehead atoms. The minimum absolute atomic E-state index is 0.484. The summed E-state index contributed by atoms with van der Waals surface area (Å²) in [5.41, 5.74) is -0.397. The van der Waals surface area contributed by atoms with Crippen LogP contribution >= 0.6 is 0 Å². The van der Waals surface area contributed by atoms with Gasteiger partial charge in [-0.1, -0.05) is 36.4 Å². The summed E-state index contributed by atoms with van der Waals surface area (Å²) in [5.74, 6) is 0. The van der Waals surface area contributed by atoms with Crippen molar-refractivity contribution < 1.29 is 37.2 Å². The molecule has 8 rings (SSSR count). The first-order valence-electron chi connectivity index (χ1n) is 18.9. The van der Waals surface area contributed by atoms with Gasteiger partial charge in [0.15, 0.2) is 0 Å². The van der Waals surface area contributed by atoms with Gasteiger partial charge >= 0.3 is 28.5 Å². The molecule has 4 heterocycles. The Morgan fingerprint density at radius 1 is 0.308 bits per heavy atom. The largest absolute Gasteiger partial charge is 0.495 e. The smallest absolute Gasteiger partial charge is 0.399 e. The number of benzene rings is 4. The Morgan fingerprint density at radius 3 is 0.846 bits per heavy atom. The van der Waals surface area contributed by atoms with Crippen LogP contribution < -0.4 is 21.9 Å². The van der Waals surface area contributed by atoms with E-state index in [4.69, 9.17) is 37.2 Å². The normalized spacial score (nSPS) is 26.5. The quantitative estimate of drug-likeness (QED) is 0.196. The van der Waals surface area contributed by atoms with Gasteiger partial charge < -0.3 is 37.2 Å². The highest BCUT2D eigenvalue weighted by atomic mass is 16.7. The topological polar surface area (TPSA) is 73.8 Å². The molecule has 4 aromatic carbocycles. The summed E-state index contributed by atoms with van der Waals surface area (Å²) < 4.78 is 53.7. The molecule has 0 unspecified atom stereocenters. The van der Waals surface area contributed by atoms with Gasteiger partial charge in [0.2, 0.25) is 0 Å². The Morgan fingerprint density at radius 2 is 0.558 bits per heavy atom. The fraction of sp³-hybridized carbons (Fsp3) is 0.600. The molecule has 0 spiro atoms. The molecule has 4 aliphatic rings. The zero-order chi connectivity index (χ0) is 38.0. The molecule has 4 fully saturated rings. The summed E-state index contributed by atoms with van der Waals surface area (Å²) in [6.07, 6.45) is 0. The van der Waals surface area contributed by atoms with Crippen LogP contribution in [0.15, 0.2) is 36.4 Å². The number of hydrogen-bond acceptors (Lipinski definition) is 8. The van der Waals surface area contributed by atoms with Gasteiger partial charge in [-0.2, -0.15) is 0 Å². The summed E-state index contributed by atoms with van der Waals surface area (Å²) in [6.45, 7) is 33.4. The Kier molecular flexibility index (Phi) is 7.64. The first kappa shape index (κ1) is 36.8. The van der Waals surface area contributed by atoms with Gasteiger partial charge in [-0.15, -0.1) is 0 Å². The van der Waals surface area contributed by atoms with Crippen molar-refractivity contribution in [1.29, 1.82) is 0 Å².